The number of pyridine rings is 1. The summed E-state index contributed by atoms with van der Waals surface area (Å²) in [7, 11) is 0. The number of ether oxygens (including phenoxy) is 2. The first-order valence-electron chi connectivity index (χ1n) is 12.5. The van der Waals surface area contributed by atoms with E-state index in [0.717, 1.165) is 37.8 Å². The quantitative estimate of drug-likeness (QED) is 0.697. The third kappa shape index (κ3) is 3.81. The Balaban J connectivity index is 1.13. The first-order valence-corrected chi connectivity index (χ1v) is 12.5. The van der Waals surface area contributed by atoms with E-state index in [9.17, 15) is 14.4 Å². The summed E-state index contributed by atoms with van der Waals surface area (Å²) < 4.78 is 14.1. The highest BCUT2D eigenvalue weighted by Gasteiger charge is 2.41. The van der Waals surface area contributed by atoms with Crippen LogP contribution < -0.4 is 15.0 Å². The van der Waals surface area contributed by atoms with Gasteiger partial charge in [-0.25, -0.2) is 0 Å². The molecule has 34 heavy (non-hydrogen) atoms. The van der Waals surface area contributed by atoms with E-state index in [-0.39, 0.29) is 41.3 Å². The number of hydrogen-bond acceptors (Lipinski definition) is 5. The normalized spacial score (nSPS) is 24.7. The van der Waals surface area contributed by atoms with E-state index in [4.69, 9.17) is 9.47 Å². The minimum Gasteiger partial charge on any atom is -0.486 e. The molecule has 1 aromatic carbocycles. The van der Waals surface area contributed by atoms with E-state index in [0.29, 0.717) is 43.1 Å². The molecule has 4 heterocycles. The van der Waals surface area contributed by atoms with E-state index >= 15 is 0 Å². The summed E-state index contributed by atoms with van der Waals surface area (Å²) in [6.07, 6.45) is 6.65. The Morgan fingerprint density at radius 2 is 1.91 bits per heavy atom. The highest BCUT2D eigenvalue weighted by molar-refractivity contribution is 6.00. The third-order valence-corrected chi connectivity index (χ3v) is 8.02. The Labute approximate surface area is 198 Å². The lowest BCUT2D eigenvalue weighted by Gasteiger charge is -2.42. The molecule has 3 aliphatic heterocycles. The molecule has 2 bridgehead atoms. The molecule has 1 aromatic heterocycles. The Bertz CT molecular complexity index is 1200. The molecule has 7 heteroatoms. The van der Waals surface area contributed by atoms with Crippen molar-refractivity contribution in [1.29, 1.82) is 0 Å². The van der Waals surface area contributed by atoms with Crippen molar-refractivity contribution in [2.75, 3.05) is 19.7 Å². The molecular formula is C27H30N2O5. The number of benzene rings is 1. The summed E-state index contributed by atoms with van der Waals surface area (Å²) >= 11 is 0. The van der Waals surface area contributed by atoms with Crippen LogP contribution in [0.2, 0.25) is 0 Å². The van der Waals surface area contributed by atoms with Crippen LogP contribution in [0.1, 0.15) is 66.9 Å². The van der Waals surface area contributed by atoms with Crippen LogP contribution in [-0.4, -0.2) is 46.5 Å². The van der Waals surface area contributed by atoms with Gasteiger partial charge in [-0.3, -0.25) is 14.4 Å². The average molecular weight is 463 g/mol. The van der Waals surface area contributed by atoms with Crippen LogP contribution in [0.15, 0.2) is 41.2 Å². The number of rotatable bonds is 3. The van der Waals surface area contributed by atoms with Crippen LogP contribution in [0.3, 0.4) is 0 Å². The number of aromatic nitrogens is 1. The molecule has 6 rings (SSSR count). The predicted molar refractivity (Wildman–Crippen MR) is 125 cm³/mol. The van der Waals surface area contributed by atoms with Crippen molar-refractivity contribution >= 4 is 11.7 Å². The molecule has 2 atom stereocenters. The van der Waals surface area contributed by atoms with Gasteiger partial charge in [0.2, 0.25) is 0 Å². The van der Waals surface area contributed by atoms with E-state index in [1.165, 1.54) is 6.42 Å². The molecule has 1 amide bonds. The molecule has 1 saturated heterocycles. The maximum absolute atomic E-state index is 13.0. The first kappa shape index (κ1) is 21.4. The zero-order chi connectivity index (χ0) is 23.3. The van der Waals surface area contributed by atoms with E-state index in [2.05, 4.69) is 0 Å². The number of amides is 1. The van der Waals surface area contributed by atoms with Gasteiger partial charge >= 0.3 is 0 Å². The molecule has 2 unspecified atom stereocenters. The van der Waals surface area contributed by atoms with Crippen LogP contribution in [0.25, 0.3) is 0 Å². The summed E-state index contributed by atoms with van der Waals surface area (Å²) in [5.74, 6) is 1.66. The van der Waals surface area contributed by atoms with E-state index < -0.39 is 0 Å². The second kappa shape index (κ2) is 8.29. The second-order valence-electron chi connectivity index (χ2n) is 10.4. The van der Waals surface area contributed by atoms with E-state index in [1.807, 2.05) is 15.5 Å². The minimum absolute atomic E-state index is 0.0402. The fraction of sp³-hybridized carbons (Fsp3) is 0.519. The van der Waals surface area contributed by atoms with Crippen molar-refractivity contribution in [2.24, 2.45) is 5.92 Å². The van der Waals surface area contributed by atoms with Gasteiger partial charge in [0.15, 0.2) is 12.4 Å². The van der Waals surface area contributed by atoms with Crippen molar-refractivity contribution < 1.29 is 19.1 Å². The number of piperidine rings is 1. The van der Waals surface area contributed by atoms with Crippen molar-refractivity contribution in [1.82, 2.24) is 9.47 Å². The zero-order valence-electron chi connectivity index (χ0n) is 19.3. The van der Waals surface area contributed by atoms with Crippen LogP contribution in [-0.2, 0) is 11.3 Å². The van der Waals surface area contributed by atoms with Gasteiger partial charge in [-0.05, 0) is 56.2 Å². The SMILES string of the molecule is O=C1CC2(CCCCC2)Oc2cc(OCC(=O)N3CC4CC(C3)c3cccc(=O)n3C4)ccc21. The molecule has 0 N–H and O–H groups in total. The molecule has 7 nitrogen and oxygen atoms in total. The Morgan fingerprint density at radius 3 is 2.76 bits per heavy atom. The van der Waals surface area contributed by atoms with Crippen LogP contribution in [0.5, 0.6) is 11.5 Å². The Kier molecular flexibility index (Phi) is 5.23. The Morgan fingerprint density at radius 1 is 1.06 bits per heavy atom. The number of fused-ring (bicyclic) bond motifs is 5. The van der Waals surface area contributed by atoms with Gasteiger partial charge in [-0.2, -0.15) is 0 Å². The van der Waals surface area contributed by atoms with Gasteiger partial charge < -0.3 is 18.9 Å². The molecule has 178 valence electrons. The smallest absolute Gasteiger partial charge is 0.260 e. The summed E-state index contributed by atoms with van der Waals surface area (Å²) in [4.78, 5) is 39.8. The number of carbonyl (C=O) groups is 2. The lowest BCUT2D eigenvalue weighted by atomic mass is 9.78. The highest BCUT2D eigenvalue weighted by Crippen LogP contribution is 2.43. The lowest BCUT2D eigenvalue weighted by Crippen LogP contribution is -2.50. The second-order valence-corrected chi connectivity index (χ2v) is 10.4. The van der Waals surface area contributed by atoms with Gasteiger partial charge in [0.1, 0.15) is 17.1 Å². The lowest BCUT2D eigenvalue weighted by molar-refractivity contribution is -0.136. The van der Waals surface area contributed by atoms with Gasteiger partial charge in [-0.1, -0.05) is 12.5 Å². The number of hydrogen-bond donors (Lipinski definition) is 0. The molecule has 1 saturated carbocycles. The topological polar surface area (TPSA) is 77.8 Å². The molecule has 2 fully saturated rings. The number of nitrogens with zero attached hydrogens (tertiary/aromatic N) is 2. The van der Waals surface area contributed by atoms with Gasteiger partial charge in [0.25, 0.3) is 11.5 Å². The first-order chi connectivity index (χ1) is 16.5. The number of likely N-dealkylation sites (tertiary alicyclic amines) is 1. The summed E-state index contributed by atoms with van der Waals surface area (Å²) in [6, 6.07) is 10.7. The van der Waals surface area contributed by atoms with Crippen molar-refractivity contribution in [3.05, 3.63) is 58.0 Å². The maximum atomic E-state index is 13.0. The minimum atomic E-state index is -0.374. The van der Waals surface area contributed by atoms with Crippen LogP contribution in [0.4, 0.5) is 0 Å². The molecule has 0 radical (unpaired) electrons. The Hall–Kier alpha value is -3.09. The number of carbonyl (C=O) groups excluding carboxylic acids is 2. The maximum Gasteiger partial charge on any atom is 0.260 e. The van der Waals surface area contributed by atoms with Gasteiger partial charge in [0.05, 0.1) is 12.0 Å². The van der Waals surface area contributed by atoms with Gasteiger partial charge in [-0.15, -0.1) is 0 Å². The average Bonchev–Trinajstić information content (AvgIpc) is 2.83. The van der Waals surface area contributed by atoms with Crippen molar-refractivity contribution in [2.45, 2.75) is 63.0 Å². The standard InChI is InChI=1S/C27H30N2O5/c30-23-13-27(9-2-1-3-10-27)34-24-12-20(7-8-21(23)24)33-17-26(32)28-14-18-11-19(16-28)22-5-4-6-25(31)29(22)15-18/h4-8,12,18-19H,1-3,9-11,13-17H2. The number of ketones is 1. The third-order valence-electron chi connectivity index (χ3n) is 8.02. The fourth-order valence-electron chi connectivity index (χ4n) is 6.38. The summed E-state index contributed by atoms with van der Waals surface area (Å²) in [5, 5.41) is 0. The number of Topliss-reactive ketones (excluding diaryl/α,β-unsaturated/α-hetero) is 1. The van der Waals surface area contributed by atoms with Crippen LogP contribution >= 0.6 is 0 Å². The summed E-state index contributed by atoms with van der Waals surface area (Å²) in [5.41, 5.74) is 1.29. The molecule has 4 aliphatic rings. The van der Waals surface area contributed by atoms with Crippen molar-refractivity contribution in [3.63, 3.8) is 0 Å². The molecule has 2 aromatic rings. The predicted octanol–water partition coefficient (Wildman–Crippen LogP) is 3.54. The van der Waals surface area contributed by atoms with Crippen LogP contribution in [0, 0.1) is 5.92 Å². The monoisotopic (exact) mass is 462 g/mol. The highest BCUT2D eigenvalue weighted by atomic mass is 16.5. The fourth-order valence-corrected chi connectivity index (χ4v) is 6.38. The largest absolute Gasteiger partial charge is 0.486 e. The molecular weight excluding hydrogens is 432 g/mol. The van der Waals surface area contributed by atoms with E-state index in [1.54, 1.807) is 30.3 Å². The molecule has 1 spiro atoms. The van der Waals surface area contributed by atoms with Gasteiger partial charge in [0, 0.05) is 43.4 Å². The van der Waals surface area contributed by atoms with Crippen molar-refractivity contribution in [3.8, 4) is 11.5 Å². The molecule has 1 aliphatic carbocycles. The summed E-state index contributed by atoms with van der Waals surface area (Å²) in [6.45, 7) is 1.85. The zero-order valence-corrected chi connectivity index (χ0v) is 19.3.